The van der Waals surface area contributed by atoms with E-state index in [0.717, 1.165) is 67.8 Å². The quantitative estimate of drug-likeness (QED) is 0.575. The molecule has 2 unspecified atom stereocenters. The van der Waals surface area contributed by atoms with Crippen molar-refractivity contribution in [3.05, 3.63) is 48.9 Å². The highest BCUT2D eigenvalue weighted by molar-refractivity contribution is 5.87. The number of hydrogen-bond donors (Lipinski definition) is 2. The Morgan fingerprint density at radius 3 is 3.00 bits per heavy atom. The molecule has 3 aromatic rings. The third kappa shape index (κ3) is 4.50. The minimum atomic E-state index is 0.203. The molecule has 7 heteroatoms. The van der Waals surface area contributed by atoms with Crippen LogP contribution in [0.15, 0.2) is 48.9 Å². The molecule has 1 aromatic carbocycles. The van der Waals surface area contributed by atoms with Crippen LogP contribution in [-0.2, 0) is 4.79 Å². The van der Waals surface area contributed by atoms with Gasteiger partial charge in [0.05, 0.1) is 5.39 Å². The van der Waals surface area contributed by atoms with Gasteiger partial charge in [0.2, 0.25) is 6.41 Å². The lowest BCUT2D eigenvalue weighted by atomic mass is 10.0. The van der Waals surface area contributed by atoms with E-state index < -0.39 is 0 Å². The summed E-state index contributed by atoms with van der Waals surface area (Å²) >= 11 is 0. The summed E-state index contributed by atoms with van der Waals surface area (Å²) in [7, 11) is 0. The van der Waals surface area contributed by atoms with Crippen molar-refractivity contribution in [2.24, 2.45) is 0 Å². The standard InChI is InChI=1S/C22H28N6O/c1-17(26-18-6-3-2-4-7-18)10-13-28(16-29)19-8-5-12-27(14-19)22-20-9-11-23-21(20)24-15-25-22/h2-4,6-7,9,11,15-17,19,26H,5,8,10,12-14H2,1H3,(H,23,24,25). The monoisotopic (exact) mass is 392 g/mol. The van der Waals surface area contributed by atoms with Crippen molar-refractivity contribution in [1.29, 1.82) is 0 Å². The first-order valence-corrected chi connectivity index (χ1v) is 10.3. The lowest BCUT2D eigenvalue weighted by Gasteiger charge is -2.38. The molecule has 2 atom stereocenters. The number of H-pyrrole nitrogens is 1. The number of para-hydroxylation sites is 1. The summed E-state index contributed by atoms with van der Waals surface area (Å²) in [6.45, 7) is 4.65. The molecule has 3 heterocycles. The summed E-state index contributed by atoms with van der Waals surface area (Å²) in [5.41, 5.74) is 1.96. The average Bonchev–Trinajstić information content (AvgIpc) is 3.24. The van der Waals surface area contributed by atoms with Crippen LogP contribution >= 0.6 is 0 Å². The number of rotatable bonds is 8. The Hall–Kier alpha value is -3.09. The number of hydrogen-bond acceptors (Lipinski definition) is 5. The Balaban J connectivity index is 1.37. The van der Waals surface area contributed by atoms with Gasteiger partial charge in [0.15, 0.2) is 0 Å². The topological polar surface area (TPSA) is 77.2 Å². The molecule has 0 saturated carbocycles. The van der Waals surface area contributed by atoms with Crippen LogP contribution in [0.2, 0.25) is 0 Å². The fraction of sp³-hybridized carbons (Fsp3) is 0.409. The number of fused-ring (bicyclic) bond motifs is 1. The van der Waals surface area contributed by atoms with E-state index in [-0.39, 0.29) is 6.04 Å². The number of amides is 1. The number of benzene rings is 1. The highest BCUT2D eigenvalue weighted by atomic mass is 16.1. The van der Waals surface area contributed by atoms with Gasteiger partial charge in [0, 0.05) is 43.6 Å². The third-order valence-electron chi connectivity index (χ3n) is 5.64. The Labute approximate surface area is 171 Å². The molecule has 152 valence electrons. The fourth-order valence-electron chi connectivity index (χ4n) is 4.08. The third-order valence-corrected chi connectivity index (χ3v) is 5.64. The second-order valence-corrected chi connectivity index (χ2v) is 7.72. The molecule has 4 rings (SSSR count). The lowest BCUT2D eigenvalue weighted by molar-refractivity contribution is -0.120. The van der Waals surface area contributed by atoms with Crippen molar-refractivity contribution in [1.82, 2.24) is 19.9 Å². The van der Waals surface area contributed by atoms with Gasteiger partial charge in [-0.1, -0.05) is 18.2 Å². The Morgan fingerprint density at radius 1 is 1.31 bits per heavy atom. The fourth-order valence-corrected chi connectivity index (χ4v) is 4.08. The summed E-state index contributed by atoms with van der Waals surface area (Å²) in [5.74, 6) is 0.950. The first-order valence-electron chi connectivity index (χ1n) is 10.3. The first kappa shape index (κ1) is 19.2. The van der Waals surface area contributed by atoms with Crippen LogP contribution in [0, 0.1) is 0 Å². The first-order chi connectivity index (χ1) is 14.2. The van der Waals surface area contributed by atoms with E-state index >= 15 is 0 Å². The number of nitrogens with zero attached hydrogens (tertiary/aromatic N) is 4. The number of carbonyl (C=O) groups excluding carboxylic acids is 1. The number of aromatic nitrogens is 3. The molecule has 1 amide bonds. The van der Waals surface area contributed by atoms with Gasteiger partial charge in [-0.05, 0) is 44.4 Å². The molecule has 2 aromatic heterocycles. The predicted octanol–water partition coefficient (Wildman–Crippen LogP) is 3.28. The van der Waals surface area contributed by atoms with Crippen molar-refractivity contribution in [3.63, 3.8) is 0 Å². The molecule has 29 heavy (non-hydrogen) atoms. The lowest BCUT2D eigenvalue weighted by Crippen LogP contribution is -2.48. The summed E-state index contributed by atoms with van der Waals surface area (Å²) in [5, 5.41) is 4.54. The summed E-state index contributed by atoms with van der Waals surface area (Å²) in [6.07, 6.45) is 7.48. The van der Waals surface area contributed by atoms with Gasteiger partial charge in [0.1, 0.15) is 17.8 Å². The van der Waals surface area contributed by atoms with Crippen molar-refractivity contribution in [2.75, 3.05) is 29.9 Å². The zero-order valence-electron chi connectivity index (χ0n) is 16.8. The van der Waals surface area contributed by atoms with Gasteiger partial charge in [-0.15, -0.1) is 0 Å². The van der Waals surface area contributed by atoms with Crippen molar-refractivity contribution >= 4 is 28.9 Å². The molecule has 2 N–H and O–H groups in total. The van der Waals surface area contributed by atoms with E-state index in [1.54, 1.807) is 6.33 Å². The minimum absolute atomic E-state index is 0.203. The molecule has 0 aliphatic carbocycles. The smallest absolute Gasteiger partial charge is 0.210 e. The van der Waals surface area contributed by atoms with Crippen molar-refractivity contribution < 1.29 is 4.79 Å². The van der Waals surface area contributed by atoms with E-state index in [0.29, 0.717) is 6.04 Å². The molecule has 1 aliphatic heterocycles. The second kappa shape index (κ2) is 8.94. The van der Waals surface area contributed by atoms with Crippen molar-refractivity contribution in [3.8, 4) is 0 Å². The predicted molar refractivity (Wildman–Crippen MR) is 116 cm³/mol. The van der Waals surface area contributed by atoms with Gasteiger partial charge in [-0.3, -0.25) is 4.79 Å². The average molecular weight is 393 g/mol. The normalized spacial score (nSPS) is 17.8. The number of nitrogens with one attached hydrogen (secondary N) is 2. The molecule has 0 bridgehead atoms. The molecule has 1 aliphatic rings. The van der Waals surface area contributed by atoms with E-state index in [9.17, 15) is 4.79 Å². The second-order valence-electron chi connectivity index (χ2n) is 7.72. The zero-order chi connectivity index (χ0) is 20.1. The highest BCUT2D eigenvalue weighted by Crippen LogP contribution is 2.26. The van der Waals surface area contributed by atoms with Gasteiger partial charge in [0.25, 0.3) is 0 Å². The number of carbonyl (C=O) groups is 1. The number of anilines is 2. The minimum Gasteiger partial charge on any atom is -0.383 e. The Morgan fingerprint density at radius 2 is 2.17 bits per heavy atom. The van der Waals surface area contributed by atoms with E-state index in [1.165, 1.54) is 0 Å². The number of piperidine rings is 1. The maximum atomic E-state index is 11.8. The van der Waals surface area contributed by atoms with Gasteiger partial charge in [-0.2, -0.15) is 0 Å². The van der Waals surface area contributed by atoms with Crippen LogP contribution < -0.4 is 10.2 Å². The van der Waals surface area contributed by atoms with E-state index in [2.05, 4.69) is 44.2 Å². The molecule has 7 nitrogen and oxygen atoms in total. The van der Waals surface area contributed by atoms with E-state index in [1.807, 2.05) is 35.4 Å². The van der Waals surface area contributed by atoms with Gasteiger partial charge in [-0.25, -0.2) is 9.97 Å². The van der Waals surface area contributed by atoms with Crippen LogP contribution in [0.3, 0.4) is 0 Å². The SMILES string of the molecule is CC(CCN(C=O)C1CCCN(c2ncnc3[nH]ccc23)C1)Nc1ccccc1. The summed E-state index contributed by atoms with van der Waals surface area (Å²) in [6, 6.07) is 12.7. The van der Waals surface area contributed by atoms with Gasteiger partial charge >= 0.3 is 0 Å². The molecule has 1 fully saturated rings. The molecule has 0 spiro atoms. The van der Waals surface area contributed by atoms with Crippen LogP contribution in [0.1, 0.15) is 26.2 Å². The Bertz CT molecular complexity index is 927. The van der Waals surface area contributed by atoms with Crippen molar-refractivity contribution in [2.45, 2.75) is 38.3 Å². The van der Waals surface area contributed by atoms with E-state index in [4.69, 9.17) is 0 Å². The summed E-state index contributed by atoms with van der Waals surface area (Å²) < 4.78 is 0. The maximum Gasteiger partial charge on any atom is 0.210 e. The van der Waals surface area contributed by atoms with Crippen LogP contribution in [-0.4, -0.2) is 58.0 Å². The highest BCUT2D eigenvalue weighted by Gasteiger charge is 2.26. The Kier molecular flexibility index (Phi) is 5.93. The van der Waals surface area contributed by atoms with Crippen LogP contribution in [0.5, 0.6) is 0 Å². The maximum absolute atomic E-state index is 11.8. The van der Waals surface area contributed by atoms with Crippen LogP contribution in [0.4, 0.5) is 11.5 Å². The zero-order valence-corrected chi connectivity index (χ0v) is 16.8. The van der Waals surface area contributed by atoms with Crippen LogP contribution in [0.25, 0.3) is 11.0 Å². The number of aromatic amines is 1. The molecular weight excluding hydrogens is 364 g/mol. The molecular formula is C22H28N6O. The molecule has 1 saturated heterocycles. The van der Waals surface area contributed by atoms with Gasteiger partial charge < -0.3 is 20.1 Å². The molecule has 0 radical (unpaired) electrons. The summed E-state index contributed by atoms with van der Waals surface area (Å²) in [4.78, 5) is 28.0. The largest absolute Gasteiger partial charge is 0.383 e.